The van der Waals surface area contributed by atoms with Gasteiger partial charge in [0.2, 0.25) is 0 Å². The standard InChI is InChI=1S/C24H21ClF4/c1-3-16-8-15(2)9-18(10-16)12-20-13-19(14-22(25)23(20)26)11-17-4-6-21(7-5-17)24(27,28)29/h4-10,13-14H,3,11-12H2,1-2H3. The lowest BCUT2D eigenvalue weighted by atomic mass is 9.96. The minimum Gasteiger partial charge on any atom is -0.205 e. The molecule has 0 radical (unpaired) electrons. The number of rotatable bonds is 5. The van der Waals surface area contributed by atoms with Gasteiger partial charge in [0.15, 0.2) is 0 Å². The van der Waals surface area contributed by atoms with Crippen LogP contribution in [0.3, 0.4) is 0 Å². The summed E-state index contributed by atoms with van der Waals surface area (Å²) in [5, 5.41) is 0.0211. The smallest absolute Gasteiger partial charge is 0.205 e. The summed E-state index contributed by atoms with van der Waals surface area (Å²) >= 11 is 6.10. The Hall–Kier alpha value is -2.33. The summed E-state index contributed by atoms with van der Waals surface area (Å²) in [6.07, 6.45) is -2.69. The second-order valence-corrected chi connectivity index (χ2v) is 7.69. The van der Waals surface area contributed by atoms with Gasteiger partial charge in [-0.15, -0.1) is 0 Å². The Morgan fingerprint density at radius 1 is 0.793 bits per heavy atom. The highest BCUT2D eigenvalue weighted by Gasteiger charge is 2.29. The molecule has 0 amide bonds. The van der Waals surface area contributed by atoms with Crippen molar-refractivity contribution in [2.45, 2.75) is 39.3 Å². The van der Waals surface area contributed by atoms with Crippen molar-refractivity contribution in [2.24, 2.45) is 0 Å². The highest BCUT2D eigenvalue weighted by atomic mass is 35.5. The van der Waals surface area contributed by atoms with Crippen LogP contribution in [0.4, 0.5) is 17.6 Å². The molecule has 0 bridgehead atoms. The fourth-order valence-electron chi connectivity index (χ4n) is 3.46. The van der Waals surface area contributed by atoms with Crippen molar-refractivity contribution < 1.29 is 17.6 Å². The predicted octanol–water partition coefficient (Wildman–Crippen LogP) is 7.55. The lowest BCUT2D eigenvalue weighted by Gasteiger charge is -2.12. The number of hydrogen-bond donors (Lipinski definition) is 0. The summed E-state index contributed by atoms with van der Waals surface area (Å²) in [5.41, 5.74) is 4.56. The average molecular weight is 421 g/mol. The SMILES string of the molecule is CCc1cc(C)cc(Cc2cc(Cc3ccc(C(F)(F)F)cc3)cc(Cl)c2F)c1. The van der Waals surface area contributed by atoms with E-state index in [1.54, 1.807) is 6.07 Å². The predicted molar refractivity (Wildman–Crippen MR) is 109 cm³/mol. The lowest BCUT2D eigenvalue weighted by molar-refractivity contribution is -0.137. The third-order valence-electron chi connectivity index (χ3n) is 4.85. The summed E-state index contributed by atoms with van der Waals surface area (Å²) in [7, 11) is 0. The Morgan fingerprint density at radius 2 is 1.41 bits per heavy atom. The zero-order chi connectivity index (χ0) is 21.2. The van der Waals surface area contributed by atoms with Gasteiger partial charge in [0.1, 0.15) is 5.82 Å². The van der Waals surface area contributed by atoms with Gasteiger partial charge in [-0.1, -0.05) is 60.5 Å². The molecule has 3 aromatic carbocycles. The van der Waals surface area contributed by atoms with Crippen LogP contribution < -0.4 is 0 Å². The molecule has 0 unspecified atom stereocenters. The molecule has 0 spiro atoms. The maximum atomic E-state index is 14.6. The van der Waals surface area contributed by atoms with Gasteiger partial charge in [-0.3, -0.25) is 0 Å². The molecular formula is C24H21ClF4. The highest BCUT2D eigenvalue weighted by molar-refractivity contribution is 6.30. The van der Waals surface area contributed by atoms with Crippen LogP contribution in [-0.2, 0) is 25.4 Å². The first-order chi connectivity index (χ1) is 13.7. The fraction of sp³-hybridized carbons (Fsp3) is 0.250. The molecule has 0 N–H and O–H groups in total. The van der Waals surface area contributed by atoms with Gasteiger partial charge in [0.05, 0.1) is 10.6 Å². The molecule has 0 fully saturated rings. The lowest BCUT2D eigenvalue weighted by Crippen LogP contribution is -2.04. The Bertz CT molecular complexity index is 1000. The van der Waals surface area contributed by atoms with Crippen molar-refractivity contribution in [1.82, 2.24) is 0 Å². The molecule has 5 heteroatoms. The van der Waals surface area contributed by atoms with Crippen LogP contribution in [0.5, 0.6) is 0 Å². The first-order valence-corrected chi connectivity index (χ1v) is 9.76. The van der Waals surface area contributed by atoms with Gasteiger partial charge in [-0.25, -0.2) is 4.39 Å². The van der Waals surface area contributed by atoms with Crippen LogP contribution in [0.25, 0.3) is 0 Å². The number of halogens is 5. The number of aryl methyl sites for hydroxylation is 2. The molecule has 0 heterocycles. The van der Waals surface area contributed by atoms with E-state index in [9.17, 15) is 17.6 Å². The largest absolute Gasteiger partial charge is 0.416 e. The molecule has 0 aliphatic carbocycles. The maximum absolute atomic E-state index is 14.6. The molecule has 0 nitrogen and oxygen atoms in total. The zero-order valence-electron chi connectivity index (χ0n) is 16.2. The van der Waals surface area contributed by atoms with E-state index < -0.39 is 17.6 Å². The minimum atomic E-state index is -4.37. The average Bonchev–Trinajstić information content (AvgIpc) is 2.65. The first kappa shape index (κ1) is 21.4. The van der Waals surface area contributed by atoms with Crippen molar-refractivity contribution in [3.63, 3.8) is 0 Å². The third-order valence-corrected chi connectivity index (χ3v) is 5.13. The number of hydrogen-bond acceptors (Lipinski definition) is 0. The van der Waals surface area contributed by atoms with Crippen LogP contribution in [0, 0.1) is 12.7 Å². The van der Waals surface area contributed by atoms with E-state index in [0.29, 0.717) is 24.0 Å². The van der Waals surface area contributed by atoms with E-state index in [2.05, 4.69) is 19.1 Å². The van der Waals surface area contributed by atoms with Crippen LogP contribution >= 0.6 is 11.6 Å². The van der Waals surface area contributed by atoms with Gasteiger partial charge < -0.3 is 0 Å². The minimum absolute atomic E-state index is 0.0211. The second-order valence-electron chi connectivity index (χ2n) is 7.28. The number of benzene rings is 3. The second kappa shape index (κ2) is 8.58. The van der Waals surface area contributed by atoms with Gasteiger partial charge in [0, 0.05) is 6.42 Å². The molecule has 29 heavy (non-hydrogen) atoms. The van der Waals surface area contributed by atoms with E-state index in [0.717, 1.165) is 35.2 Å². The summed E-state index contributed by atoms with van der Waals surface area (Å²) < 4.78 is 52.8. The van der Waals surface area contributed by atoms with E-state index in [1.807, 2.05) is 13.0 Å². The van der Waals surface area contributed by atoms with E-state index in [-0.39, 0.29) is 5.02 Å². The molecule has 3 rings (SSSR count). The van der Waals surface area contributed by atoms with Crippen LogP contribution in [0.15, 0.2) is 54.6 Å². The van der Waals surface area contributed by atoms with Crippen molar-refractivity contribution in [3.05, 3.63) is 104 Å². The molecule has 0 saturated heterocycles. The molecule has 0 aliphatic rings. The first-order valence-electron chi connectivity index (χ1n) is 9.38. The van der Waals surface area contributed by atoms with E-state index in [4.69, 9.17) is 11.6 Å². The zero-order valence-corrected chi connectivity index (χ0v) is 17.0. The molecular weight excluding hydrogens is 400 g/mol. The normalized spacial score (nSPS) is 11.7. The summed E-state index contributed by atoms with van der Waals surface area (Å²) in [6, 6.07) is 14.5. The van der Waals surface area contributed by atoms with Crippen molar-refractivity contribution in [2.75, 3.05) is 0 Å². The Kier molecular flexibility index (Phi) is 6.33. The third kappa shape index (κ3) is 5.39. The molecule has 0 atom stereocenters. The highest BCUT2D eigenvalue weighted by Crippen LogP contribution is 2.30. The Balaban J connectivity index is 1.87. The monoisotopic (exact) mass is 420 g/mol. The van der Waals surface area contributed by atoms with Crippen molar-refractivity contribution >= 4 is 11.6 Å². The van der Waals surface area contributed by atoms with Gasteiger partial charge in [-0.2, -0.15) is 13.2 Å². The Labute approximate surface area is 173 Å². The maximum Gasteiger partial charge on any atom is 0.416 e. The molecule has 0 aliphatic heterocycles. The van der Waals surface area contributed by atoms with Crippen molar-refractivity contribution in [1.29, 1.82) is 0 Å². The molecule has 0 saturated carbocycles. The Morgan fingerprint density at radius 3 is 2.03 bits per heavy atom. The van der Waals surface area contributed by atoms with Crippen molar-refractivity contribution in [3.8, 4) is 0 Å². The van der Waals surface area contributed by atoms with Crippen LogP contribution in [-0.4, -0.2) is 0 Å². The van der Waals surface area contributed by atoms with Gasteiger partial charge in [0.25, 0.3) is 0 Å². The van der Waals surface area contributed by atoms with Gasteiger partial charge in [-0.05, 0) is 65.8 Å². The topological polar surface area (TPSA) is 0 Å². The molecule has 0 aromatic heterocycles. The summed E-state index contributed by atoms with van der Waals surface area (Å²) in [6.45, 7) is 4.08. The van der Waals surface area contributed by atoms with E-state index >= 15 is 0 Å². The van der Waals surface area contributed by atoms with Crippen LogP contribution in [0.1, 0.15) is 45.9 Å². The molecule has 152 valence electrons. The summed E-state index contributed by atoms with van der Waals surface area (Å²) in [5.74, 6) is -0.456. The van der Waals surface area contributed by atoms with E-state index in [1.165, 1.54) is 23.8 Å². The van der Waals surface area contributed by atoms with Gasteiger partial charge >= 0.3 is 6.18 Å². The summed E-state index contributed by atoms with van der Waals surface area (Å²) in [4.78, 5) is 0. The molecule has 3 aromatic rings. The van der Waals surface area contributed by atoms with Crippen LogP contribution in [0.2, 0.25) is 5.02 Å². The quantitative estimate of drug-likeness (QED) is 0.374. The number of alkyl halides is 3. The fourth-order valence-corrected chi connectivity index (χ4v) is 3.72.